The zero-order chi connectivity index (χ0) is 17.2. The molecule has 1 amide bonds. The average Bonchev–Trinajstić information content (AvgIpc) is 2.67. The Kier molecular flexibility index (Phi) is 6.05. The van der Waals surface area contributed by atoms with Crippen LogP contribution in [0.2, 0.25) is 0 Å². The molecule has 134 valence electrons. The first-order valence-electron chi connectivity index (χ1n) is 8.71. The molecule has 6 nitrogen and oxygen atoms in total. The first-order valence-corrected chi connectivity index (χ1v) is 8.71. The molecule has 2 aliphatic rings. The molecule has 0 aromatic carbocycles. The maximum Gasteiger partial charge on any atom is 0.218 e. The smallest absolute Gasteiger partial charge is 0.218 e. The molecule has 1 saturated heterocycles. The summed E-state index contributed by atoms with van der Waals surface area (Å²) in [7, 11) is 0. The van der Waals surface area contributed by atoms with Crippen molar-refractivity contribution in [3.05, 3.63) is 0 Å². The third-order valence-corrected chi connectivity index (χ3v) is 6.01. The quantitative estimate of drug-likeness (QED) is 0.418. The van der Waals surface area contributed by atoms with Crippen molar-refractivity contribution in [2.45, 2.75) is 71.3 Å². The molecule has 2 fully saturated rings. The zero-order valence-corrected chi connectivity index (χ0v) is 14.6. The summed E-state index contributed by atoms with van der Waals surface area (Å²) in [5.41, 5.74) is -0.818. The van der Waals surface area contributed by atoms with Crippen molar-refractivity contribution in [2.24, 2.45) is 23.7 Å². The fourth-order valence-electron chi connectivity index (χ4n) is 4.59. The number of aliphatic hydroxyl groups excluding tert-OH is 1. The molecule has 1 saturated carbocycles. The summed E-state index contributed by atoms with van der Waals surface area (Å²) in [6.07, 6.45) is 2.90. The minimum atomic E-state index is -0.959. The van der Waals surface area contributed by atoms with Crippen LogP contribution in [-0.4, -0.2) is 40.8 Å². The highest BCUT2D eigenvalue weighted by Gasteiger charge is 2.56. The minimum Gasteiger partial charge on any atom is -0.375 e. The second-order valence-electron chi connectivity index (χ2n) is 7.52. The number of ether oxygens (including phenoxy) is 1. The molecule has 0 radical (unpaired) electrons. The van der Waals surface area contributed by atoms with Gasteiger partial charge in [0.2, 0.25) is 5.91 Å². The van der Waals surface area contributed by atoms with Gasteiger partial charge in [0.15, 0.2) is 0 Å². The maximum absolute atomic E-state index is 11.2. The summed E-state index contributed by atoms with van der Waals surface area (Å²) >= 11 is 0. The summed E-state index contributed by atoms with van der Waals surface area (Å²) in [5, 5.41) is 22.7. The molecule has 1 heterocycles. The Bertz CT molecular complexity index is 418. The second kappa shape index (κ2) is 7.47. The molecular formula is C17H31NO5. The molecule has 7 atom stereocenters. The van der Waals surface area contributed by atoms with Gasteiger partial charge >= 0.3 is 0 Å². The van der Waals surface area contributed by atoms with Gasteiger partial charge < -0.3 is 15.2 Å². The Labute approximate surface area is 138 Å². The van der Waals surface area contributed by atoms with Crippen LogP contribution in [0.4, 0.5) is 0 Å². The number of amides is 1. The van der Waals surface area contributed by atoms with E-state index in [1.165, 1.54) is 6.92 Å². The Morgan fingerprint density at radius 3 is 2.61 bits per heavy atom. The lowest BCUT2D eigenvalue weighted by molar-refractivity contribution is -0.377. The number of fused-ring (bicyclic) bond motifs is 1. The normalized spacial score (nSPS) is 40.6. The number of hydrogen-bond donors (Lipinski definition) is 3. The van der Waals surface area contributed by atoms with Crippen LogP contribution in [0.3, 0.4) is 0 Å². The van der Waals surface area contributed by atoms with Crippen molar-refractivity contribution >= 4 is 5.91 Å². The number of nitrogens with one attached hydrogen (secondary N) is 1. The van der Waals surface area contributed by atoms with E-state index in [2.05, 4.69) is 12.2 Å². The molecule has 1 aliphatic carbocycles. The second-order valence-corrected chi connectivity index (χ2v) is 7.52. The monoisotopic (exact) mass is 329 g/mol. The standard InChI is InChI=1S/C17H31NO5/c1-10-5-7-15(12(3)16(20)18-13(4)19)17(23-21)9-22-11(2)6-8-14(10)17/h10-12,14-16,20-21H,5-9H2,1-4H3,(H,18,19). The van der Waals surface area contributed by atoms with Crippen LogP contribution in [0.25, 0.3) is 0 Å². The van der Waals surface area contributed by atoms with Crippen molar-refractivity contribution in [1.29, 1.82) is 0 Å². The summed E-state index contributed by atoms with van der Waals surface area (Å²) in [6.45, 7) is 7.84. The van der Waals surface area contributed by atoms with Crippen LogP contribution in [0.15, 0.2) is 0 Å². The summed E-state index contributed by atoms with van der Waals surface area (Å²) < 4.78 is 5.90. The molecule has 0 bridgehead atoms. The highest BCUT2D eigenvalue weighted by molar-refractivity contribution is 5.73. The highest BCUT2D eigenvalue weighted by atomic mass is 17.1. The van der Waals surface area contributed by atoms with Crippen molar-refractivity contribution in [3.63, 3.8) is 0 Å². The van der Waals surface area contributed by atoms with E-state index in [9.17, 15) is 15.2 Å². The van der Waals surface area contributed by atoms with Crippen LogP contribution in [-0.2, 0) is 14.4 Å². The number of carbonyl (C=O) groups is 1. The van der Waals surface area contributed by atoms with Crippen molar-refractivity contribution in [1.82, 2.24) is 5.32 Å². The fourth-order valence-corrected chi connectivity index (χ4v) is 4.59. The highest BCUT2D eigenvalue weighted by Crippen LogP contribution is 2.50. The van der Waals surface area contributed by atoms with Gasteiger partial charge in [-0.3, -0.25) is 10.1 Å². The summed E-state index contributed by atoms with van der Waals surface area (Å²) in [4.78, 5) is 16.4. The van der Waals surface area contributed by atoms with E-state index < -0.39 is 11.8 Å². The Morgan fingerprint density at radius 2 is 2.00 bits per heavy atom. The van der Waals surface area contributed by atoms with Gasteiger partial charge in [-0.05, 0) is 44.4 Å². The van der Waals surface area contributed by atoms with Gasteiger partial charge in [-0.2, -0.15) is 0 Å². The van der Waals surface area contributed by atoms with Gasteiger partial charge in [-0.25, -0.2) is 4.89 Å². The number of rotatable bonds is 4. The van der Waals surface area contributed by atoms with Crippen LogP contribution in [0.5, 0.6) is 0 Å². The molecule has 0 aromatic heterocycles. The predicted octanol–water partition coefficient (Wildman–Crippen LogP) is 2.17. The van der Waals surface area contributed by atoms with Gasteiger partial charge in [0.1, 0.15) is 11.8 Å². The Morgan fingerprint density at radius 1 is 1.30 bits per heavy atom. The van der Waals surface area contributed by atoms with Gasteiger partial charge in [0, 0.05) is 18.8 Å². The zero-order valence-electron chi connectivity index (χ0n) is 14.6. The molecule has 7 unspecified atom stereocenters. The first-order chi connectivity index (χ1) is 10.8. The van der Waals surface area contributed by atoms with Gasteiger partial charge in [0.25, 0.3) is 0 Å². The SMILES string of the molecule is CC(=O)NC(O)C(C)C1CCC(C)C2CCC(C)OCC21OO. The fraction of sp³-hybridized carbons (Fsp3) is 0.941. The number of carbonyl (C=O) groups excluding carboxylic acids is 1. The van der Waals surface area contributed by atoms with Crippen molar-refractivity contribution < 1.29 is 24.8 Å². The topological polar surface area (TPSA) is 88.0 Å². The maximum atomic E-state index is 11.2. The van der Waals surface area contributed by atoms with Gasteiger partial charge in [0.05, 0.1) is 12.7 Å². The van der Waals surface area contributed by atoms with E-state index in [4.69, 9.17) is 9.62 Å². The summed E-state index contributed by atoms with van der Waals surface area (Å²) in [5.74, 6) is 0.0225. The van der Waals surface area contributed by atoms with Crippen molar-refractivity contribution in [2.75, 3.05) is 6.61 Å². The minimum absolute atomic E-state index is 0.0825. The van der Waals surface area contributed by atoms with Crippen LogP contribution < -0.4 is 5.32 Å². The Balaban J connectivity index is 2.28. The first kappa shape index (κ1) is 18.6. The van der Waals surface area contributed by atoms with E-state index in [-0.39, 0.29) is 29.8 Å². The lowest BCUT2D eigenvalue weighted by atomic mass is 9.59. The van der Waals surface area contributed by atoms with Gasteiger partial charge in [-0.15, -0.1) is 0 Å². The third-order valence-electron chi connectivity index (χ3n) is 6.01. The molecule has 6 heteroatoms. The molecule has 2 rings (SSSR count). The van der Waals surface area contributed by atoms with Crippen LogP contribution in [0.1, 0.15) is 53.4 Å². The molecule has 1 aliphatic heterocycles. The molecule has 3 N–H and O–H groups in total. The molecule has 0 spiro atoms. The number of hydrogen-bond acceptors (Lipinski definition) is 5. The van der Waals surface area contributed by atoms with Crippen molar-refractivity contribution in [3.8, 4) is 0 Å². The lowest BCUT2D eigenvalue weighted by Gasteiger charge is -2.51. The van der Waals surface area contributed by atoms with E-state index >= 15 is 0 Å². The van der Waals surface area contributed by atoms with E-state index in [1.54, 1.807) is 0 Å². The molecular weight excluding hydrogens is 298 g/mol. The van der Waals surface area contributed by atoms with E-state index in [1.807, 2.05) is 13.8 Å². The molecule has 23 heavy (non-hydrogen) atoms. The average molecular weight is 329 g/mol. The largest absolute Gasteiger partial charge is 0.375 e. The lowest BCUT2D eigenvalue weighted by Crippen LogP contribution is -2.59. The van der Waals surface area contributed by atoms with Crippen LogP contribution >= 0.6 is 0 Å². The van der Waals surface area contributed by atoms with Crippen LogP contribution in [0, 0.1) is 23.7 Å². The molecule has 0 aromatic rings. The number of aliphatic hydroxyl groups is 1. The van der Waals surface area contributed by atoms with E-state index in [0.717, 1.165) is 25.7 Å². The predicted molar refractivity (Wildman–Crippen MR) is 85.5 cm³/mol. The Hall–Kier alpha value is -0.690. The third kappa shape index (κ3) is 3.71. The van der Waals surface area contributed by atoms with E-state index in [0.29, 0.717) is 12.5 Å². The van der Waals surface area contributed by atoms with Gasteiger partial charge in [-0.1, -0.05) is 13.8 Å². The summed E-state index contributed by atoms with van der Waals surface area (Å²) in [6, 6.07) is 0.